The molecular formula is C83H163N7O12. The van der Waals surface area contributed by atoms with Crippen molar-refractivity contribution < 1.29 is 57.2 Å². The Hall–Kier alpha value is -3.46. The predicted molar refractivity (Wildman–Crippen MR) is 420 cm³/mol. The fourth-order valence-corrected chi connectivity index (χ4v) is 12.7. The Morgan fingerprint density at radius 2 is 0.706 bits per heavy atom. The molecule has 0 rings (SSSR count). The number of amides is 6. The largest absolute Gasteiger partial charge is 0.381 e. The quantitative estimate of drug-likeness (QED) is 0.0281. The highest BCUT2D eigenvalue weighted by Crippen LogP contribution is 2.35. The molecule has 7 N–H and O–H groups in total. The lowest BCUT2D eigenvalue weighted by atomic mass is 9.76. The van der Waals surface area contributed by atoms with Crippen LogP contribution in [0.2, 0.25) is 0 Å². The van der Waals surface area contributed by atoms with Gasteiger partial charge in [0.05, 0.1) is 35.6 Å². The Morgan fingerprint density at radius 3 is 1.11 bits per heavy atom. The number of hydrogen-bond acceptors (Lipinski definition) is 13. The van der Waals surface area contributed by atoms with Gasteiger partial charge < -0.3 is 65.6 Å². The monoisotopic (exact) mass is 1450 g/mol. The van der Waals surface area contributed by atoms with Crippen LogP contribution in [0.3, 0.4) is 0 Å². The second kappa shape index (κ2) is 45.4. The Balaban J connectivity index is 4.30. The molecule has 0 saturated heterocycles. The van der Waals surface area contributed by atoms with Gasteiger partial charge in [0.2, 0.25) is 35.4 Å². The standard InChI is InChI=1S/C83H163N7O12/c1-30-65(58-97-48-33-31-32-35-66(91)85-45-37-81(24,25)100-50-40-76(14,15)68(93)87-44-34-36-80(22,23)99-49-42-78(18,19)70(95)89-61-74(10,11)59-72(4,5)6)55-84-54-64(3)57-98-56-63(2)53-67(92)86-46-38-82(26,27)101-51-41-77(16,17)69(94)88-47-39-83(28,29)102-52-43-79(20,21)71(96)90-62-75(12,13)60-73(7,8)9/h63-65,84H,30-62H2,1-29H3,(H,85,91)(H,86,92)(H,87,93)(H,88,94)(H,89,95)(H,90,96). The number of hydrogen-bond donors (Lipinski definition) is 7. The van der Waals surface area contributed by atoms with E-state index >= 15 is 0 Å². The van der Waals surface area contributed by atoms with E-state index in [9.17, 15) is 28.8 Å². The van der Waals surface area contributed by atoms with Crippen LogP contribution in [0.5, 0.6) is 0 Å². The second-order valence-corrected chi connectivity index (χ2v) is 39.5. The molecule has 0 aliphatic carbocycles. The van der Waals surface area contributed by atoms with Gasteiger partial charge in [0, 0.05) is 120 Å². The number of carbonyl (C=O) groups excluding carboxylic acids is 6. The summed E-state index contributed by atoms with van der Waals surface area (Å²) in [6.07, 6.45) is 12.3. The molecule has 602 valence electrons. The molecule has 0 spiro atoms. The van der Waals surface area contributed by atoms with Gasteiger partial charge in [-0.2, -0.15) is 0 Å². The SMILES string of the molecule is CCC(CNCC(C)COCC(C)CC(=O)NCCC(C)(C)OCCC(C)(C)C(=O)NCCC(C)(C)OCCC(C)(C)C(=O)NCC(C)(C)CC(C)(C)C)COCCCCCC(=O)NCCC(C)(C)OCCC(C)(C)C(=O)NCCCC(C)(C)OCCC(C)(C)C(=O)NCC(C)(C)CC(C)(C)C. The maximum absolute atomic E-state index is 13.3. The lowest BCUT2D eigenvalue weighted by molar-refractivity contribution is -0.133. The third-order valence-electron chi connectivity index (χ3n) is 19.6. The van der Waals surface area contributed by atoms with Crippen LogP contribution in [-0.4, -0.2) is 163 Å². The fraction of sp³-hybridized carbons (Fsp3) is 0.928. The van der Waals surface area contributed by atoms with E-state index in [1.165, 1.54) is 0 Å². The van der Waals surface area contributed by atoms with E-state index in [2.05, 4.69) is 134 Å². The number of unbranched alkanes of at least 4 members (excludes halogenated alkanes) is 2. The first kappa shape index (κ1) is 98.5. The molecule has 0 bridgehead atoms. The molecule has 19 nitrogen and oxygen atoms in total. The highest BCUT2D eigenvalue weighted by Gasteiger charge is 2.36. The first-order valence-corrected chi connectivity index (χ1v) is 39.6. The van der Waals surface area contributed by atoms with Crippen molar-refractivity contribution in [1.29, 1.82) is 0 Å². The van der Waals surface area contributed by atoms with Crippen molar-refractivity contribution in [1.82, 2.24) is 37.2 Å². The minimum Gasteiger partial charge on any atom is -0.381 e. The summed E-state index contributed by atoms with van der Waals surface area (Å²) in [6.45, 7) is 69.7. The summed E-state index contributed by atoms with van der Waals surface area (Å²) in [7, 11) is 0. The van der Waals surface area contributed by atoms with Gasteiger partial charge in [0.25, 0.3) is 0 Å². The smallest absolute Gasteiger partial charge is 0.225 e. The second-order valence-electron chi connectivity index (χ2n) is 39.5. The molecule has 0 heterocycles. The summed E-state index contributed by atoms with van der Waals surface area (Å²) in [6, 6.07) is 0. The number of carbonyl (C=O) groups is 6. The molecule has 6 amide bonds. The zero-order valence-corrected chi connectivity index (χ0v) is 71.5. The molecule has 0 aliphatic heterocycles. The number of rotatable bonds is 58. The van der Waals surface area contributed by atoms with E-state index < -0.39 is 38.5 Å². The van der Waals surface area contributed by atoms with E-state index in [4.69, 9.17) is 28.4 Å². The zero-order chi connectivity index (χ0) is 78.7. The number of nitrogens with one attached hydrogen (secondary N) is 7. The minimum absolute atomic E-state index is 0.000470. The fourth-order valence-electron chi connectivity index (χ4n) is 12.7. The average molecular weight is 1450 g/mol. The van der Waals surface area contributed by atoms with Crippen molar-refractivity contribution in [2.45, 2.75) is 332 Å². The van der Waals surface area contributed by atoms with Crippen LogP contribution < -0.4 is 37.2 Å². The molecule has 0 aromatic rings. The Labute approximate surface area is 625 Å². The van der Waals surface area contributed by atoms with Crippen LogP contribution in [0.4, 0.5) is 0 Å². The summed E-state index contributed by atoms with van der Waals surface area (Å²) in [5.41, 5.74) is -3.78. The molecule has 0 aromatic carbocycles. The van der Waals surface area contributed by atoms with Crippen LogP contribution >= 0.6 is 0 Å². The molecule has 19 heteroatoms. The molecule has 102 heavy (non-hydrogen) atoms. The first-order chi connectivity index (χ1) is 46.5. The molecular weight excluding hydrogens is 1290 g/mol. The van der Waals surface area contributed by atoms with E-state index in [1.54, 1.807) is 0 Å². The lowest BCUT2D eigenvalue weighted by Crippen LogP contribution is -2.43. The van der Waals surface area contributed by atoms with Crippen LogP contribution in [0.15, 0.2) is 0 Å². The molecule has 3 atom stereocenters. The summed E-state index contributed by atoms with van der Waals surface area (Å²) in [5, 5.41) is 22.3. The Kier molecular flexibility index (Phi) is 43.8. The van der Waals surface area contributed by atoms with Crippen LogP contribution in [0.25, 0.3) is 0 Å². The van der Waals surface area contributed by atoms with Crippen molar-refractivity contribution in [2.75, 3.05) is 105 Å². The predicted octanol–water partition coefficient (Wildman–Crippen LogP) is 15.3. The maximum Gasteiger partial charge on any atom is 0.225 e. The molecule has 3 unspecified atom stereocenters. The van der Waals surface area contributed by atoms with E-state index in [-0.39, 0.29) is 68.6 Å². The Bertz CT molecular complexity index is 2400. The zero-order valence-electron chi connectivity index (χ0n) is 71.5. The summed E-state index contributed by atoms with van der Waals surface area (Å²) < 4.78 is 37.2. The third kappa shape index (κ3) is 49.4. The molecule has 0 radical (unpaired) electrons. The van der Waals surface area contributed by atoms with Gasteiger partial charge in [0.15, 0.2) is 0 Å². The van der Waals surface area contributed by atoms with Gasteiger partial charge in [0.1, 0.15) is 0 Å². The highest BCUT2D eigenvalue weighted by molar-refractivity contribution is 5.83. The third-order valence-corrected chi connectivity index (χ3v) is 19.6. The van der Waals surface area contributed by atoms with Crippen LogP contribution in [0, 0.1) is 61.1 Å². The van der Waals surface area contributed by atoms with Gasteiger partial charge in [-0.15, -0.1) is 0 Å². The van der Waals surface area contributed by atoms with Crippen LogP contribution in [-0.2, 0) is 57.2 Å². The van der Waals surface area contributed by atoms with Gasteiger partial charge in [-0.1, -0.05) is 152 Å². The van der Waals surface area contributed by atoms with E-state index in [1.807, 2.05) is 104 Å². The van der Waals surface area contributed by atoms with Gasteiger partial charge in [-0.05, 0) is 191 Å². The molecule has 0 aromatic heterocycles. The van der Waals surface area contributed by atoms with Gasteiger partial charge in [-0.3, -0.25) is 28.8 Å². The van der Waals surface area contributed by atoms with E-state index in [0.717, 1.165) is 64.5 Å². The normalized spacial score (nSPS) is 14.4. The average Bonchev–Trinajstić information content (AvgIpc) is 0.869. The first-order valence-electron chi connectivity index (χ1n) is 39.6. The minimum atomic E-state index is -0.638. The van der Waals surface area contributed by atoms with Gasteiger partial charge in [-0.25, -0.2) is 0 Å². The van der Waals surface area contributed by atoms with Crippen molar-refractivity contribution in [3.8, 4) is 0 Å². The van der Waals surface area contributed by atoms with Crippen LogP contribution in [0.1, 0.15) is 310 Å². The molecule has 0 aliphatic rings. The van der Waals surface area contributed by atoms with Crippen molar-refractivity contribution in [2.24, 2.45) is 61.1 Å². The van der Waals surface area contributed by atoms with Crippen molar-refractivity contribution in [3.05, 3.63) is 0 Å². The maximum atomic E-state index is 13.3. The molecule has 0 fully saturated rings. The lowest BCUT2D eigenvalue weighted by Gasteiger charge is -2.34. The number of ether oxygens (including phenoxy) is 6. The van der Waals surface area contributed by atoms with Crippen molar-refractivity contribution in [3.63, 3.8) is 0 Å². The van der Waals surface area contributed by atoms with Gasteiger partial charge >= 0.3 is 0 Å². The molecule has 0 saturated carbocycles. The topological polar surface area (TPSA) is 242 Å². The Morgan fingerprint density at radius 1 is 0.343 bits per heavy atom. The van der Waals surface area contributed by atoms with E-state index in [0.29, 0.717) is 162 Å². The summed E-state index contributed by atoms with van der Waals surface area (Å²) in [4.78, 5) is 78.4. The highest BCUT2D eigenvalue weighted by atomic mass is 16.5. The summed E-state index contributed by atoms with van der Waals surface area (Å²) in [5.74, 6) is 0.880. The van der Waals surface area contributed by atoms with Crippen molar-refractivity contribution >= 4 is 35.4 Å². The summed E-state index contributed by atoms with van der Waals surface area (Å²) >= 11 is 0.